The summed E-state index contributed by atoms with van der Waals surface area (Å²) in [4.78, 5) is 30.8. The number of para-hydroxylation sites is 1. The van der Waals surface area contributed by atoms with Gasteiger partial charge in [-0.15, -0.1) is 0 Å². The van der Waals surface area contributed by atoms with Crippen LogP contribution >= 0.6 is 0 Å². The van der Waals surface area contributed by atoms with Gasteiger partial charge in [0.25, 0.3) is 5.91 Å². The van der Waals surface area contributed by atoms with Crippen LogP contribution in [0.15, 0.2) is 28.1 Å². The number of amides is 1. The fourth-order valence-electron chi connectivity index (χ4n) is 4.82. The second kappa shape index (κ2) is 11.3. The van der Waals surface area contributed by atoms with Crippen molar-refractivity contribution in [2.75, 3.05) is 25.0 Å². The van der Waals surface area contributed by atoms with E-state index in [4.69, 9.17) is 11.5 Å². The minimum Gasteiger partial charge on any atom is -0.480 e. The number of piperidine rings is 1. The lowest BCUT2D eigenvalue weighted by atomic mass is 9.91. The number of carboxylic acids is 1. The predicted molar refractivity (Wildman–Crippen MR) is 132 cm³/mol. The molecule has 12 heteroatoms. The molecular weight excluding hydrogens is 472 g/mol. The van der Waals surface area contributed by atoms with Crippen LogP contribution in [-0.4, -0.2) is 68.0 Å². The molecule has 8 N–H and O–H groups in total. The molecule has 1 saturated heterocycles. The molecule has 2 heterocycles. The number of sulfonamides is 1. The molecule has 4 atom stereocenters. The molecule has 1 fully saturated rings. The van der Waals surface area contributed by atoms with Gasteiger partial charge in [0.2, 0.25) is 0 Å². The van der Waals surface area contributed by atoms with Crippen molar-refractivity contribution in [2.24, 2.45) is 28.3 Å². The fraction of sp³-hybridized carbons (Fsp3) is 0.609. The lowest BCUT2D eigenvalue weighted by Gasteiger charge is -2.37. The van der Waals surface area contributed by atoms with E-state index < -0.39 is 34.0 Å². The van der Waals surface area contributed by atoms with Gasteiger partial charge in [-0.25, -0.2) is 9.52 Å². The lowest BCUT2D eigenvalue weighted by Crippen LogP contribution is -2.95. The molecule has 1 amide bonds. The maximum atomic E-state index is 13.6. The quantitative estimate of drug-likeness (QED) is 0.170. The van der Waals surface area contributed by atoms with Crippen molar-refractivity contribution >= 4 is 33.5 Å². The number of quaternary nitrogens is 1. The van der Waals surface area contributed by atoms with Crippen LogP contribution in [0.4, 0.5) is 5.69 Å². The third-order valence-corrected chi connectivity index (χ3v) is 8.32. The Balaban J connectivity index is 1.88. The minimum absolute atomic E-state index is 0.0864. The van der Waals surface area contributed by atoms with E-state index in [2.05, 4.69) is 17.2 Å². The van der Waals surface area contributed by atoms with Crippen molar-refractivity contribution < 1.29 is 27.8 Å². The minimum atomic E-state index is -3.97. The third kappa shape index (κ3) is 6.63. The molecular formula is C23H37N6O5S+. The summed E-state index contributed by atoms with van der Waals surface area (Å²) in [7, 11) is -3.97. The number of nitrogens with one attached hydrogen (secondary N) is 1. The molecule has 0 bridgehead atoms. The molecule has 0 radical (unpaired) electrons. The van der Waals surface area contributed by atoms with Gasteiger partial charge in [-0.3, -0.25) is 9.79 Å². The second-order valence-electron chi connectivity index (χ2n) is 9.73. The normalized spacial score (nSPS) is 23.0. The number of fused-ring (bicyclic) bond motifs is 1. The van der Waals surface area contributed by atoms with Crippen LogP contribution in [0.3, 0.4) is 0 Å². The van der Waals surface area contributed by atoms with E-state index in [1.165, 1.54) is 11.0 Å². The number of rotatable bonds is 9. The molecule has 0 aliphatic carbocycles. The highest BCUT2D eigenvalue weighted by Gasteiger charge is 2.41. The largest absolute Gasteiger partial charge is 0.480 e. The Bertz CT molecular complexity index is 1070. The Morgan fingerprint density at radius 2 is 2.03 bits per heavy atom. The molecule has 1 aromatic carbocycles. The molecule has 11 nitrogen and oxygen atoms in total. The van der Waals surface area contributed by atoms with Gasteiger partial charge in [0.1, 0.15) is 10.9 Å². The van der Waals surface area contributed by atoms with E-state index in [1.54, 1.807) is 6.07 Å². The van der Waals surface area contributed by atoms with E-state index in [-0.39, 0.29) is 36.3 Å². The molecule has 0 aromatic heterocycles. The topological polar surface area (TPSA) is 185 Å². The van der Waals surface area contributed by atoms with E-state index >= 15 is 0 Å². The number of nitrogens with two attached hydrogens (primary N) is 3. The molecule has 0 saturated carbocycles. The Morgan fingerprint density at radius 3 is 2.71 bits per heavy atom. The predicted octanol–water partition coefficient (Wildman–Crippen LogP) is -0.323. The zero-order valence-corrected chi connectivity index (χ0v) is 21.1. The molecule has 3 rings (SSSR count). The number of anilines is 1. The van der Waals surface area contributed by atoms with Gasteiger partial charge >= 0.3 is 16.0 Å². The van der Waals surface area contributed by atoms with Crippen LogP contribution in [-0.2, 0) is 26.0 Å². The molecule has 2 aliphatic rings. The number of aliphatic imine (C=N–C) groups is 1. The third-order valence-electron chi connectivity index (χ3n) is 6.68. The Labute approximate surface area is 206 Å². The number of hydrogen-bond acceptors (Lipinski definition) is 6. The first-order chi connectivity index (χ1) is 16.5. The number of nitrogens with zero attached hydrogens (tertiary/aromatic N) is 2. The Kier molecular flexibility index (Phi) is 8.60. The van der Waals surface area contributed by atoms with Crippen LogP contribution in [0.1, 0.15) is 45.1 Å². The SMILES string of the molecule is CC1CNc2c(cccc2S(=O)(=O)[NH2+]C(CCCN=C(N)N)C(=O)N2CCC(C)CC2C(=O)O)C1. The molecule has 2 aliphatic heterocycles. The average Bonchev–Trinajstić information content (AvgIpc) is 2.79. The van der Waals surface area contributed by atoms with Crippen molar-refractivity contribution in [2.45, 2.75) is 62.9 Å². The molecule has 0 spiro atoms. The summed E-state index contributed by atoms with van der Waals surface area (Å²) < 4.78 is 28.2. The van der Waals surface area contributed by atoms with E-state index in [9.17, 15) is 23.1 Å². The van der Waals surface area contributed by atoms with Gasteiger partial charge in [0, 0.05) is 26.1 Å². The number of hydrogen-bond donors (Lipinski definition) is 5. The van der Waals surface area contributed by atoms with Crippen LogP contribution in [0.5, 0.6) is 0 Å². The number of likely N-dealkylation sites (tertiary alicyclic amines) is 1. The summed E-state index contributed by atoms with van der Waals surface area (Å²) in [5.41, 5.74) is 12.3. The second-order valence-corrected chi connectivity index (χ2v) is 11.5. The highest BCUT2D eigenvalue weighted by molar-refractivity contribution is 7.85. The van der Waals surface area contributed by atoms with Crippen molar-refractivity contribution in [3.63, 3.8) is 0 Å². The van der Waals surface area contributed by atoms with Crippen LogP contribution in [0.25, 0.3) is 0 Å². The van der Waals surface area contributed by atoms with Crippen molar-refractivity contribution in [1.29, 1.82) is 0 Å². The lowest BCUT2D eigenvalue weighted by molar-refractivity contribution is -0.527. The van der Waals surface area contributed by atoms with Gasteiger partial charge in [-0.2, -0.15) is 8.42 Å². The molecule has 1 aromatic rings. The number of primary sulfonamides is 1. The number of guanidine groups is 1. The number of carbonyl (C=O) groups is 2. The first kappa shape index (κ1) is 26.7. The van der Waals surface area contributed by atoms with Crippen LogP contribution in [0.2, 0.25) is 0 Å². The summed E-state index contributed by atoms with van der Waals surface area (Å²) in [5.74, 6) is -1.12. The summed E-state index contributed by atoms with van der Waals surface area (Å²) in [6.45, 7) is 5.21. The highest BCUT2D eigenvalue weighted by atomic mass is 32.2. The number of aliphatic carboxylic acids is 1. The van der Waals surface area contributed by atoms with Crippen molar-refractivity contribution in [1.82, 2.24) is 4.90 Å². The molecule has 4 unspecified atom stereocenters. The first-order valence-corrected chi connectivity index (χ1v) is 13.6. The number of benzene rings is 1. The Hall–Kier alpha value is -2.86. The Morgan fingerprint density at radius 1 is 1.29 bits per heavy atom. The summed E-state index contributed by atoms with van der Waals surface area (Å²) in [6, 6.07) is 3.15. The number of carboxylic acid groups (broad SMARTS) is 1. The monoisotopic (exact) mass is 509 g/mol. The van der Waals surface area contributed by atoms with Crippen molar-refractivity contribution in [3.05, 3.63) is 23.8 Å². The van der Waals surface area contributed by atoms with E-state index in [1.807, 2.05) is 13.0 Å². The standard InChI is InChI=1S/C23H36N6O5S/c1-14-8-10-29(18(12-14)22(31)32)21(30)17(6-4-9-26-23(24)25)28-35(33,34)19-7-3-5-16-11-15(2)13-27-20(16)19/h3,5,7,14-15,17-18,27-28H,4,6,8-13H2,1-2H3,(H,31,32)(H4,24,25,26)/p+1. The van der Waals surface area contributed by atoms with Gasteiger partial charge in [-0.05, 0) is 49.1 Å². The summed E-state index contributed by atoms with van der Waals surface area (Å²) in [5, 5.41) is 12.9. The maximum absolute atomic E-state index is 13.6. The fourth-order valence-corrected chi connectivity index (χ4v) is 6.41. The first-order valence-electron chi connectivity index (χ1n) is 12.0. The van der Waals surface area contributed by atoms with E-state index in [0.717, 1.165) is 16.7 Å². The van der Waals surface area contributed by atoms with Crippen LogP contribution in [0, 0.1) is 11.8 Å². The van der Waals surface area contributed by atoms with Crippen LogP contribution < -0.4 is 21.5 Å². The van der Waals surface area contributed by atoms with Gasteiger partial charge in [0.15, 0.2) is 12.0 Å². The number of carbonyl (C=O) groups excluding carboxylic acids is 1. The summed E-state index contributed by atoms with van der Waals surface area (Å²) in [6.07, 6.45) is 2.30. The summed E-state index contributed by atoms with van der Waals surface area (Å²) >= 11 is 0. The van der Waals surface area contributed by atoms with Gasteiger partial charge in [0.05, 0.1) is 5.69 Å². The van der Waals surface area contributed by atoms with Gasteiger partial charge < -0.3 is 26.8 Å². The van der Waals surface area contributed by atoms with E-state index in [0.29, 0.717) is 37.4 Å². The van der Waals surface area contributed by atoms with Crippen molar-refractivity contribution in [3.8, 4) is 0 Å². The zero-order chi connectivity index (χ0) is 25.8. The maximum Gasteiger partial charge on any atom is 0.326 e. The molecule has 35 heavy (non-hydrogen) atoms. The van der Waals surface area contributed by atoms with Gasteiger partial charge in [-0.1, -0.05) is 26.0 Å². The highest BCUT2D eigenvalue weighted by Crippen LogP contribution is 2.30. The average molecular weight is 510 g/mol. The smallest absolute Gasteiger partial charge is 0.326 e. The molecule has 194 valence electrons. The zero-order valence-electron chi connectivity index (χ0n) is 20.3.